The van der Waals surface area contributed by atoms with Crippen LogP contribution < -0.4 is 11.3 Å². The van der Waals surface area contributed by atoms with Crippen LogP contribution in [0.1, 0.15) is 11.3 Å². The first kappa shape index (κ1) is 19.6. The van der Waals surface area contributed by atoms with Crippen LogP contribution in [0.15, 0.2) is 35.3 Å². The maximum Gasteiger partial charge on any atom is 0.272 e. The van der Waals surface area contributed by atoms with Gasteiger partial charge in [0.05, 0.1) is 33.6 Å². The van der Waals surface area contributed by atoms with Crippen LogP contribution in [0.2, 0.25) is 5.02 Å². The molecule has 4 N–H and O–H groups in total. The van der Waals surface area contributed by atoms with Gasteiger partial charge in [0.15, 0.2) is 5.82 Å². The number of aryl methyl sites for hydroxylation is 1. The third-order valence-electron chi connectivity index (χ3n) is 4.86. The lowest BCUT2D eigenvalue weighted by Crippen LogP contribution is -2.13. The lowest BCUT2D eigenvalue weighted by atomic mass is 9.95. The van der Waals surface area contributed by atoms with E-state index in [4.69, 9.17) is 17.3 Å². The number of rotatable bonds is 3. The number of nitriles is 1. The molecule has 0 saturated carbocycles. The van der Waals surface area contributed by atoms with E-state index in [1.807, 2.05) is 6.07 Å². The van der Waals surface area contributed by atoms with Crippen LogP contribution in [-0.4, -0.2) is 25.1 Å². The Morgan fingerprint density at radius 3 is 2.83 bits per heavy atom. The number of nitrogens with two attached hydrogens (primary N) is 1. The average molecular weight is 425 g/mol. The van der Waals surface area contributed by atoms with Gasteiger partial charge in [0.2, 0.25) is 0 Å². The van der Waals surface area contributed by atoms with E-state index in [1.165, 1.54) is 10.9 Å². The highest BCUT2D eigenvalue weighted by atomic mass is 35.5. The van der Waals surface area contributed by atoms with E-state index in [2.05, 4.69) is 15.3 Å². The fourth-order valence-electron chi connectivity index (χ4n) is 3.44. The van der Waals surface area contributed by atoms with Crippen LogP contribution in [-0.2, 0) is 13.6 Å². The normalized spacial score (nSPS) is 11.0. The van der Waals surface area contributed by atoms with E-state index in [1.54, 1.807) is 25.2 Å². The molecule has 2 heterocycles. The van der Waals surface area contributed by atoms with E-state index in [0.29, 0.717) is 27.6 Å². The smallest absolute Gasteiger partial charge is 0.272 e. The Kier molecular flexibility index (Phi) is 4.73. The van der Waals surface area contributed by atoms with E-state index in [9.17, 15) is 19.6 Å². The summed E-state index contributed by atoms with van der Waals surface area (Å²) in [5, 5.41) is 30.8. The van der Waals surface area contributed by atoms with Crippen molar-refractivity contribution in [2.75, 3.05) is 0 Å². The SMILES string of the molecule is Cn1ncc(-c2ccc3c(=O)[nH]nc(CN)c3c2)c1-c1c(F)c(Cl)cc(O)c1C#N. The molecule has 0 atom stereocenters. The Morgan fingerprint density at radius 1 is 1.37 bits per heavy atom. The minimum absolute atomic E-state index is 0.103. The highest BCUT2D eigenvalue weighted by molar-refractivity contribution is 6.31. The number of phenols is 1. The van der Waals surface area contributed by atoms with Gasteiger partial charge in [0.25, 0.3) is 5.56 Å². The summed E-state index contributed by atoms with van der Waals surface area (Å²) in [6.45, 7) is 0.103. The molecule has 2 aromatic heterocycles. The molecule has 2 aromatic carbocycles. The standard InChI is InChI=1S/C20H14ClFN6O2/c1-28-19(17-12(6-23)16(29)5-14(21)18(17)22)13(8-25-28)9-2-3-10-11(4-9)15(7-24)26-27-20(10)30/h2-5,8,29H,7,24H2,1H3,(H,27,30). The molecule has 0 fully saturated rings. The van der Waals surface area contributed by atoms with Crippen LogP contribution in [0.3, 0.4) is 0 Å². The maximum atomic E-state index is 15.0. The van der Waals surface area contributed by atoms with Crippen molar-refractivity contribution >= 4 is 22.4 Å². The summed E-state index contributed by atoms with van der Waals surface area (Å²) in [6.07, 6.45) is 1.50. The molecule has 150 valence electrons. The van der Waals surface area contributed by atoms with Gasteiger partial charge in [-0.2, -0.15) is 15.5 Å². The van der Waals surface area contributed by atoms with Gasteiger partial charge in [0.1, 0.15) is 17.4 Å². The first-order valence-electron chi connectivity index (χ1n) is 8.72. The van der Waals surface area contributed by atoms with Crippen molar-refractivity contribution in [2.45, 2.75) is 6.54 Å². The summed E-state index contributed by atoms with van der Waals surface area (Å²) in [7, 11) is 1.58. The zero-order valence-corrected chi connectivity index (χ0v) is 16.3. The van der Waals surface area contributed by atoms with Crippen LogP contribution in [0.25, 0.3) is 33.2 Å². The van der Waals surface area contributed by atoms with Crippen molar-refractivity contribution in [3.63, 3.8) is 0 Å². The van der Waals surface area contributed by atoms with Crippen molar-refractivity contribution < 1.29 is 9.50 Å². The highest BCUT2D eigenvalue weighted by Gasteiger charge is 2.25. The second-order valence-corrected chi connectivity index (χ2v) is 6.95. The van der Waals surface area contributed by atoms with Crippen LogP contribution in [0, 0.1) is 17.1 Å². The Bertz CT molecular complexity index is 1420. The quantitative estimate of drug-likeness (QED) is 0.463. The van der Waals surface area contributed by atoms with Crippen molar-refractivity contribution in [1.82, 2.24) is 20.0 Å². The maximum absolute atomic E-state index is 15.0. The lowest BCUT2D eigenvalue weighted by molar-refractivity contribution is 0.471. The predicted octanol–water partition coefficient (Wildman–Crippen LogP) is 2.82. The highest BCUT2D eigenvalue weighted by Crippen LogP contribution is 2.41. The molecule has 0 saturated heterocycles. The number of benzene rings is 2. The summed E-state index contributed by atoms with van der Waals surface area (Å²) in [6, 6.07) is 7.79. The first-order valence-corrected chi connectivity index (χ1v) is 9.10. The molecule has 0 aliphatic rings. The second kappa shape index (κ2) is 7.26. The summed E-state index contributed by atoms with van der Waals surface area (Å²) < 4.78 is 16.4. The molecule has 0 amide bonds. The van der Waals surface area contributed by atoms with Gasteiger partial charge < -0.3 is 10.8 Å². The monoisotopic (exact) mass is 424 g/mol. The van der Waals surface area contributed by atoms with Crippen molar-refractivity contribution in [3.05, 3.63) is 62.9 Å². The zero-order chi connectivity index (χ0) is 21.6. The zero-order valence-electron chi connectivity index (χ0n) is 15.6. The van der Waals surface area contributed by atoms with Gasteiger partial charge in [-0.15, -0.1) is 0 Å². The van der Waals surface area contributed by atoms with Gasteiger partial charge in [-0.1, -0.05) is 17.7 Å². The molecule has 0 aliphatic carbocycles. The largest absolute Gasteiger partial charge is 0.506 e. The van der Waals surface area contributed by atoms with E-state index in [0.717, 1.165) is 6.07 Å². The average Bonchev–Trinajstić information content (AvgIpc) is 3.11. The number of fused-ring (bicyclic) bond motifs is 1. The lowest BCUT2D eigenvalue weighted by Gasteiger charge is -2.13. The molecular formula is C20H14ClFN6O2. The van der Waals surface area contributed by atoms with Crippen LogP contribution in [0.4, 0.5) is 4.39 Å². The summed E-state index contributed by atoms with van der Waals surface area (Å²) >= 11 is 5.92. The summed E-state index contributed by atoms with van der Waals surface area (Å²) in [5.74, 6) is -1.29. The number of aromatic hydroxyl groups is 1. The number of aromatic nitrogens is 4. The first-order chi connectivity index (χ1) is 14.4. The van der Waals surface area contributed by atoms with Crippen molar-refractivity contribution in [1.29, 1.82) is 5.26 Å². The Balaban J connectivity index is 2.05. The van der Waals surface area contributed by atoms with Gasteiger partial charge in [-0.25, -0.2) is 9.49 Å². The molecule has 10 heteroatoms. The van der Waals surface area contributed by atoms with Crippen molar-refractivity contribution in [3.8, 4) is 34.2 Å². The Morgan fingerprint density at radius 2 is 2.13 bits per heavy atom. The number of nitrogens with zero attached hydrogens (tertiary/aromatic N) is 4. The van der Waals surface area contributed by atoms with Gasteiger partial charge in [-0.3, -0.25) is 9.48 Å². The molecule has 0 bridgehead atoms. The molecule has 0 aliphatic heterocycles. The summed E-state index contributed by atoms with van der Waals surface area (Å²) in [5.41, 5.74) is 6.75. The minimum atomic E-state index is -0.850. The molecule has 30 heavy (non-hydrogen) atoms. The van der Waals surface area contributed by atoms with Gasteiger partial charge in [0, 0.05) is 30.6 Å². The van der Waals surface area contributed by atoms with Crippen molar-refractivity contribution in [2.24, 2.45) is 12.8 Å². The molecule has 8 nitrogen and oxygen atoms in total. The Hall–Kier alpha value is -3.74. The fraction of sp³-hybridized carbons (Fsp3) is 0.100. The number of phenolic OH excluding ortho intramolecular Hbond substituents is 1. The number of aromatic amines is 1. The third kappa shape index (κ3) is 2.90. The summed E-state index contributed by atoms with van der Waals surface area (Å²) in [4.78, 5) is 12.1. The van der Waals surface area contributed by atoms with E-state index in [-0.39, 0.29) is 33.9 Å². The fourth-order valence-corrected chi connectivity index (χ4v) is 3.63. The molecule has 4 rings (SSSR count). The van der Waals surface area contributed by atoms with Crippen LogP contribution in [0.5, 0.6) is 5.75 Å². The number of nitrogens with one attached hydrogen (secondary N) is 1. The third-order valence-corrected chi connectivity index (χ3v) is 5.13. The number of hydrogen-bond donors (Lipinski definition) is 3. The molecule has 0 radical (unpaired) electrons. The number of H-pyrrole nitrogens is 1. The van der Waals surface area contributed by atoms with E-state index < -0.39 is 11.6 Å². The second-order valence-electron chi connectivity index (χ2n) is 6.55. The molecule has 0 spiro atoms. The van der Waals surface area contributed by atoms with E-state index >= 15 is 0 Å². The molecule has 4 aromatic rings. The van der Waals surface area contributed by atoms with Gasteiger partial charge >= 0.3 is 0 Å². The minimum Gasteiger partial charge on any atom is -0.506 e. The topological polar surface area (TPSA) is 134 Å². The number of halogens is 2. The molecule has 0 unspecified atom stereocenters. The number of hydrogen-bond acceptors (Lipinski definition) is 6. The van der Waals surface area contributed by atoms with Gasteiger partial charge in [-0.05, 0) is 17.7 Å². The van der Waals surface area contributed by atoms with Crippen LogP contribution >= 0.6 is 11.6 Å². The molecular weight excluding hydrogens is 411 g/mol. The predicted molar refractivity (Wildman–Crippen MR) is 109 cm³/mol. The Labute approximate surface area is 173 Å².